The largest absolute Gasteiger partial charge is 0.399 e. The molecule has 8 aliphatic carbocycles. The lowest BCUT2D eigenvalue weighted by Gasteiger charge is -2.56. The van der Waals surface area contributed by atoms with Crippen molar-refractivity contribution in [2.45, 2.75) is 162 Å². The molecule has 3 radical (unpaired) electrons. The molecule has 8 aliphatic rings. The summed E-state index contributed by atoms with van der Waals surface area (Å²) in [6.45, 7) is 9.19. The SMILES string of the molecule is C.C[C@@]1(O)CC[C@H]2[C@H](CC[C@@H]3[C@@H]2CC[C@]2(C)[C@@H](C(=O)CBr)CC[C@@H]32)C1.C[C@@]1(O)CC[C@H]2[C@H](CC[C@@H]3[C@@H]2CC[C@]2(C)[C@@H](C(=O)CNc4cccc(F)c4)CC[C@@H]32)C1.Nc1cccc(F)c1.[B]. The first-order valence-electron chi connectivity index (χ1n) is 25.0. The van der Waals surface area contributed by atoms with Gasteiger partial charge in [0.1, 0.15) is 17.4 Å². The third-order valence-electron chi connectivity index (χ3n) is 19.5. The van der Waals surface area contributed by atoms with Crippen LogP contribution in [0.3, 0.4) is 0 Å². The Morgan fingerprint density at radius 3 is 1.54 bits per heavy atom. The summed E-state index contributed by atoms with van der Waals surface area (Å²) in [5, 5.41) is 24.8. The highest BCUT2D eigenvalue weighted by atomic mass is 79.9. The van der Waals surface area contributed by atoms with Crippen molar-refractivity contribution in [3.05, 3.63) is 60.2 Å². The standard InChI is InChI=1S/C27H38FNO2.C21H33BrO2.C6H6FN.CH4.B/c1-26(31)12-10-20-17(15-26)6-7-22-21(20)11-13-27(2)23(22)8-9-24(27)25(30)16-29-19-5-3-4-18(28)14-19;1-20(24)9-7-14-13(11-20)3-4-16-15(14)8-10-21(2)17(16)5-6-18(21)19(23)12-22;7-5-2-1-3-6(8)4-5;;/h3-5,14,17,20-24,29,31H,6-13,15-16H2,1-2H3;13-18,24H,3-12H2,1-2H3;1-4H,8H2;1H4;/t17-,20+,21-,22-,23+,24-,26-,27+;13-,14+,15-,16-,17+,18-,20-,21+;;;/m11.../s1. The molecule has 0 amide bonds. The molecule has 8 saturated carbocycles. The lowest BCUT2D eigenvalue weighted by atomic mass is 9.49. The Hall–Kier alpha value is -2.30. The quantitative estimate of drug-likeness (QED) is 0.130. The van der Waals surface area contributed by atoms with Crippen LogP contribution in [-0.2, 0) is 9.59 Å². The first-order chi connectivity index (χ1) is 29.9. The maximum atomic E-state index is 13.5. The number of nitrogen functional groups attached to an aromatic ring is 1. The number of anilines is 2. The number of Topliss-reactive ketones (excluding diaryl/α,β-unsaturated/α-hetero) is 2. The van der Waals surface area contributed by atoms with Gasteiger partial charge in [-0.05, 0) is 236 Å². The summed E-state index contributed by atoms with van der Waals surface area (Å²) < 4.78 is 25.5. The van der Waals surface area contributed by atoms with E-state index >= 15 is 0 Å². The number of benzene rings is 2. The van der Waals surface area contributed by atoms with Crippen LogP contribution in [0, 0.1) is 93.5 Å². The average molecular weight is 963 g/mol. The van der Waals surface area contributed by atoms with Gasteiger partial charge in [-0.25, -0.2) is 8.78 Å². The summed E-state index contributed by atoms with van der Waals surface area (Å²) in [6, 6.07) is 12.2. The van der Waals surface area contributed by atoms with Crippen LogP contribution in [-0.4, -0.2) is 53.3 Å². The number of ketones is 2. The van der Waals surface area contributed by atoms with E-state index in [2.05, 4.69) is 35.1 Å². The lowest BCUT2D eigenvalue weighted by molar-refractivity contribution is -0.131. The molecule has 0 aromatic heterocycles. The predicted molar refractivity (Wildman–Crippen MR) is 264 cm³/mol. The predicted octanol–water partition coefficient (Wildman–Crippen LogP) is 12.5. The number of rotatable bonds is 6. The molecule has 16 atom stereocenters. The Bertz CT molecular complexity index is 1930. The van der Waals surface area contributed by atoms with Gasteiger partial charge >= 0.3 is 0 Å². The van der Waals surface area contributed by atoms with E-state index in [1.165, 1.54) is 94.9 Å². The van der Waals surface area contributed by atoms with E-state index in [0.29, 0.717) is 52.6 Å². The molecule has 65 heavy (non-hydrogen) atoms. The summed E-state index contributed by atoms with van der Waals surface area (Å²) in [5.41, 5.74) is 5.87. The van der Waals surface area contributed by atoms with Crippen molar-refractivity contribution in [1.82, 2.24) is 0 Å². The molecule has 0 unspecified atom stereocenters. The van der Waals surface area contributed by atoms with Gasteiger partial charge in [-0.1, -0.05) is 49.3 Å². The number of carbonyl (C=O) groups excluding carboxylic acids is 2. The van der Waals surface area contributed by atoms with E-state index in [0.717, 1.165) is 92.3 Å². The van der Waals surface area contributed by atoms with Gasteiger partial charge in [0.2, 0.25) is 0 Å². The number of fused-ring (bicyclic) bond motifs is 10. The van der Waals surface area contributed by atoms with E-state index in [1.807, 2.05) is 19.9 Å². The maximum Gasteiger partial charge on any atom is 0.155 e. The fourth-order valence-electron chi connectivity index (χ4n) is 16.7. The molecule has 0 heterocycles. The van der Waals surface area contributed by atoms with E-state index < -0.39 is 11.2 Å². The Labute approximate surface area is 400 Å². The van der Waals surface area contributed by atoms with Crippen molar-refractivity contribution >= 4 is 47.3 Å². The van der Waals surface area contributed by atoms with Gasteiger partial charge < -0.3 is 21.3 Å². The smallest absolute Gasteiger partial charge is 0.155 e. The maximum absolute atomic E-state index is 13.5. The van der Waals surface area contributed by atoms with Crippen LogP contribution in [0.5, 0.6) is 0 Å². The van der Waals surface area contributed by atoms with Crippen molar-refractivity contribution in [2.24, 2.45) is 81.8 Å². The van der Waals surface area contributed by atoms with E-state index in [4.69, 9.17) is 5.73 Å². The van der Waals surface area contributed by atoms with Crippen LogP contribution in [0.2, 0.25) is 0 Å². The second kappa shape index (κ2) is 20.7. The zero-order valence-corrected chi connectivity index (χ0v) is 40.8. The second-order valence-corrected chi connectivity index (χ2v) is 23.7. The van der Waals surface area contributed by atoms with E-state index in [-0.39, 0.29) is 44.2 Å². The molecule has 5 N–H and O–H groups in total. The molecule has 8 fully saturated rings. The minimum absolute atomic E-state index is 0. The summed E-state index contributed by atoms with van der Waals surface area (Å²) in [7, 11) is 0. The highest BCUT2D eigenvalue weighted by Gasteiger charge is 2.60. The Morgan fingerprint density at radius 2 is 1.09 bits per heavy atom. The minimum Gasteiger partial charge on any atom is -0.399 e. The molecule has 0 saturated heterocycles. The number of aliphatic hydroxyl groups is 2. The number of nitrogens with two attached hydrogens (primary N) is 1. The molecule has 10 heteroatoms. The topological polar surface area (TPSA) is 113 Å². The summed E-state index contributed by atoms with van der Waals surface area (Å²) >= 11 is 3.42. The minimum atomic E-state index is -0.462. The first kappa shape index (κ1) is 52.1. The third kappa shape index (κ3) is 10.8. The zero-order valence-electron chi connectivity index (χ0n) is 39.2. The highest BCUT2D eigenvalue weighted by Crippen LogP contribution is 2.66. The zero-order chi connectivity index (χ0) is 44.9. The van der Waals surface area contributed by atoms with Crippen LogP contribution in [0.1, 0.15) is 151 Å². The van der Waals surface area contributed by atoms with Gasteiger partial charge in [0.05, 0.1) is 23.1 Å². The Balaban J connectivity index is 0.000000183. The van der Waals surface area contributed by atoms with Crippen molar-refractivity contribution in [3.63, 3.8) is 0 Å². The van der Waals surface area contributed by atoms with Crippen molar-refractivity contribution in [3.8, 4) is 0 Å². The molecule has 2 aromatic rings. The van der Waals surface area contributed by atoms with Gasteiger partial charge in [0.25, 0.3) is 0 Å². The summed E-state index contributed by atoms with van der Waals surface area (Å²) in [5.74, 6) is 8.41. The lowest BCUT2D eigenvalue weighted by Crippen LogP contribution is -2.51. The molecule has 0 spiro atoms. The molecule has 2 aromatic carbocycles. The van der Waals surface area contributed by atoms with Crippen LogP contribution in [0.4, 0.5) is 20.2 Å². The molecule has 0 bridgehead atoms. The third-order valence-corrected chi connectivity index (χ3v) is 20.1. The fraction of sp³-hybridized carbons (Fsp3) is 0.745. The summed E-state index contributed by atoms with van der Waals surface area (Å²) in [4.78, 5) is 25.7. The average Bonchev–Trinajstić information content (AvgIpc) is 3.79. The number of hydrogen-bond donors (Lipinski definition) is 4. The van der Waals surface area contributed by atoms with E-state index in [1.54, 1.807) is 18.2 Å². The number of hydrogen-bond acceptors (Lipinski definition) is 6. The van der Waals surface area contributed by atoms with Gasteiger partial charge in [0, 0.05) is 31.6 Å². The molecule has 10 rings (SSSR count). The number of halogens is 3. The van der Waals surface area contributed by atoms with Gasteiger partial charge in [-0.15, -0.1) is 0 Å². The fourth-order valence-corrected chi connectivity index (χ4v) is 17.1. The molecule has 6 nitrogen and oxygen atoms in total. The Morgan fingerprint density at radius 1 is 0.631 bits per heavy atom. The molecular weight excluding hydrogens is 881 g/mol. The molecule has 0 aliphatic heterocycles. The number of nitrogens with one attached hydrogen (secondary N) is 1. The van der Waals surface area contributed by atoms with Crippen LogP contribution >= 0.6 is 15.9 Å². The van der Waals surface area contributed by atoms with Gasteiger partial charge in [-0.2, -0.15) is 0 Å². The van der Waals surface area contributed by atoms with Crippen molar-refractivity contribution < 1.29 is 28.6 Å². The first-order valence-corrected chi connectivity index (χ1v) is 26.1. The summed E-state index contributed by atoms with van der Waals surface area (Å²) in [6.07, 6.45) is 21.1. The second-order valence-electron chi connectivity index (χ2n) is 23.2. The van der Waals surface area contributed by atoms with Crippen molar-refractivity contribution in [1.29, 1.82) is 0 Å². The van der Waals surface area contributed by atoms with Gasteiger partial charge in [-0.3, -0.25) is 9.59 Å². The van der Waals surface area contributed by atoms with Crippen molar-refractivity contribution in [2.75, 3.05) is 22.9 Å². The highest BCUT2D eigenvalue weighted by molar-refractivity contribution is 9.09. The monoisotopic (exact) mass is 962 g/mol. The van der Waals surface area contributed by atoms with E-state index in [9.17, 15) is 28.6 Å². The normalized spacial score (nSPS) is 42.0. The Kier molecular flexibility index (Phi) is 16.6. The van der Waals surface area contributed by atoms with Gasteiger partial charge in [0.15, 0.2) is 5.78 Å². The van der Waals surface area contributed by atoms with Crippen LogP contribution < -0.4 is 11.1 Å². The number of alkyl halides is 1. The van der Waals surface area contributed by atoms with Crippen LogP contribution in [0.25, 0.3) is 0 Å². The number of carbonyl (C=O) groups is 2. The molecular formula is C55H81BBrF2N2O4. The van der Waals surface area contributed by atoms with Crippen LogP contribution in [0.15, 0.2) is 48.5 Å². The molecule has 359 valence electrons.